The van der Waals surface area contributed by atoms with Crippen molar-refractivity contribution in [3.8, 4) is 0 Å². The Balaban J connectivity index is 1.62. The molecule has 2 saturated heterocycles. The van der Waals surface area contributed by atoms with E-state index in [0.29, 0.717) is 13.0 Å². The lowest BCUT2D eigenvalue weighted by atomic mass is 10.00. The topological polar surface area (TPSA) is 58.4 Å². The van der Waals surface area contributed by atoms with Crippen molar-refractivity contribution in [2.24, 2.45) is 7.05 Å². The number of nitrogens with zero attached hydrogens (tertiary/aromatic N) is 4. The zero-order valence-corrected chi connectivity index (χ0v) is 14.6. The Morgan fingerprint density at radius 1 is 1.29 bits per heavy atom. The van der Waals surface area contributed by atoms with Crippen molar-refractivity contribution in [2.75, 3.05) is 19.6 Å². The Morgan fingerprint density at radius 2 is 2.12 bits per heavy atom. The summed E-state index contributed by atoms with van der Waals surface area (Å²) in [6.07, 6.45) is 9.93. The van der Waals surface area contributed by atoms with E-state index in [1.165, 1.54) is 0 Å². The molecule has 130 valence electrons. The number of hydrogen-bond donors (Lipinski definition) is 0. The van der Waals surface area contributed by atoms with Crippen LogP contribution in [0.5, 0.6) is 0 Å². The van der Waals surface area contributed by atoms with Crippen molar-refractivity contribution in [1.82, 2.24) is 19.6 Å². The molecule has 2 aliphatic rings. The number of piperidine rings is 2. The molecule has 3 heterocycles. The molecule has 0 aliphatic carbocycles. The Kier molecular flexibility index (Phi) is 5.02. The molecule has 1 atom stereocenters. The van der Waals surface area contributed by atoms with Gasteiger partial charge in [0.2, 0.25) is 11.8 Å². The second-order valence-electron chi connectivity index (χ2n) is 6.77. The smallest absolute Gasteiger partial charge is 0.246 e. The molecule has 0 bridgehead atoms. The van der Waals surface area contributed by atoms with Gasteiger partial charge in [-0.2, -0.15) is 5.10 Å². The van der Waals surface area contributed by atoms with E-state index in [1.807, 2.05) is 29.8 Å². The van der Waals surface area contributed by atoms with Crippen LogP contribution in [0.2, 0.25) is 0 Å². The molecule has 6 heteroatoms. The molecule has 1 aromatic heterocycles. The van der Waals surface area contributed by atoms with Crippen LogP contribution in [0.1, 0.15) is 43.4 Å². The van der Waals surface area contributed by atoms with Crippen LogP contribution in [-0.4, -0.2) is 57.1 Å². The van der Waals surface area contributed by atoms with Gasteiger partial charge < -0.3 is 9.80 Å². The minimum Gasteiger partial charge on any atom is -0.338 e. The Bertz CT molecular complexity index is 649. The SMILES string of the molecule is Cc1c(/C=C/C(=O)N2CCCC(N3CCCCC3=O)C2)cnn1C. The molecular formula is C18H26N4O2. The number of rotatable bonds is 3. The summed E-state index contributed by atoms with van der Waals surface area (Å²) in [4.78, 5) is 28.5. The standard InChI is InChI=1S/C18H26N4O2/c1-14-15(12-19-20(14)2)8-9-17(23)21-10-5-6-16(13-21)22-11-4-3-7-18(22)24/h8-9,12,16H,3-7,10-11,13H2,1-2H3/b9-8+. The normalized spacial score (nSPS) is 22.4. The highest BCUT2D eigenvalue weighted by molar-refractivity contribution is 5.92. The van der Waals surface area contributed by atoms with Gasteiger partial charge in [-0.15, -0.1) is 0 Å². The maximum absolute atomic E-state index is 12.5. The average Bonchev–Trinajstić information content (AvgIpc) is 2.92. The lowest BCUT2D eigenvalue weighted by Gasteiger charge is -2.40. The largest absolute Gasteiger partial charge is 0.338 e. The lowest BCUT2D eigenvalue weighted by Crippen LogP contribution is -2.52. The van der Waals surface area contributed by atoms with E-state index in [1.54, 1.807) is 17.0 Å². The van der Waals surface area contributed by atoms with Gasteiger partial charge in [-0.3, -0.25) is 14.3 Å². The predicted molar refractivity (Wildman–Crippen MR) is 92.1 cm³/mol. The molecule has 2 amide bonds. The van der Waals surface area contributed by atoms with Crippen LogP contribution in [0.4, 0.5) is 0 Å². The van der Waals surface area contributed by atoms with E-state index in [9.17, 15) is 9.59 Å². The van der Waals surface area contributed by atoms with Crippen molar-refractivity contribution >= 4 is 17.9 Å². The summed E-state index contributed by atoms with van der Waals surface area (Å²) in [6.45, 7) is 4.25. The van der Waals surface area contributed by atoms with Crippen LogP contribution in [0, 0.1) is 6.92 Å². The van der Waals surface area contributed by atoms with E-state index in [2.05, 4.69) is 5.10 Å². The average molecular weight is 330 g/mol. The minimum atomic E-state index is 0.0208. The summed E-state index contributed by atoms with van der Waals surface area (Å²) in [5.41, 5.74) is 2.00. The van der Waals surface area contributed by atoms with E-state index in [-0.39, 0.29) is 17.9 Å². The number of carbonyl (C=O) groups excluding carboxylic acids is 2. The van der Waals surface area contributed by atoms with Crippen LogP contribution >= 0.6 is 0 Å². The lowest BCUT2D eigenvalue weighted by molar-refractivity contribution is -0.139. The molecular weight excluding hydrogens is 304 g/mol. The van der Waals surface area contributed by atoms with Gasteiger partial charge in [0, 0.05) is 56.5 Å². The molecule has 0 radical (unpaired) electrons. The van der Waals surface area contributed by atoms with Gasteiger partial charge in [0.25, 0.3) is 0 Å². The third-order valence-corrected chi connectivity index (χ3v) is 5.19. The van der Waals surface area contributed by atoms with Gasteiger partial charge in [-0.25, -0.2) is 0 Å². The first-order valence-corrected chi connectivity index (χ1v) is 8.81. The van der Waals surface area contributed by atoms with Crippen molar-refractivity contribution < 1.29 is 9.59 Å². The third kappa shape index (κ3) is 3.52. The summed E-state index contributed by atoms with van der Waals surface area (Å²) in [5.74, 6) is 0.273. The van der Waals surface area contributed by atoms with Crippen LogP contribution in [0.3, 0.4) is 0 Å². The highest BCUT2D eigenvalue weighted by Gasteiger charge is 2.31. The number of likely N-dealkylation sites (tertiary alicyclic amines) is 2. The molecule has 24 heavy (non-hydrogen) atoms. The Labute approximate surface area is 143 Å². The van der Waals surface area contributed by atoms with Crippen molar-refractivity contribution in [3.63, 3.8) is 0 Å². The fourth-order valence-corrected chi connectivity index (χ4v) is 3.57. The maximum Gasteiger partial charge on any atom is 0.246 e. The quantitative estimate of drug-likeness (QED) is 0.793. The van der Waals surface area contributed by atoms with E-state index < -0.39 is 0 Å². The summed E-state index contributed by atoms with van der Waals surface area (Å²) in [6, 6.07) is 0.184. The fraction of sp³-hybridized carbons (Fsp3) is 0.611. The molecule has 1 unspecified atom stereocenters. The zero-order chi connectivity index (χ0) is 17.1. The van der Waals surface area contributed by atoms with Gasteiger partial charge in [0.05, 0.1) is 6.20 Å². The van der Waals surface area contributed by atoms with Gasteiger partial charge in [-0.05, 0) is 38.7 Å². The summed E-state index contributed by atoms with van der Waals surface area (Å²) in [7, 11) is 1.89. The number of carbonyl (C=O) groups is 2. The summed E-state index contributed by atoms with van der Waals surface area (Å²) < 4.78 is 1.79. The van der Waals surface area contributed by atoms with Crippen LogP contribution in [0.25, 0.3) is 6.08 Å². The molecule has 0 aromatic carbocycles. The Morgan fingerprint density at radius 3 is 2.83 bits per heavy atom. The first kappa shape index (κ1) is 16.7. The van der Waals surface area contributed by atoms with E-state index >= 15 is 0 Å². The monoisotopic (exact) mass is 330 g/mol. The minimum absolute atomic E-state index is 0.0208. The zero-order valence-electron chi connectivity index (χ0n) is 14.6. The molecule has 2 fully saturated rings. The molecule has 0 N–H and O–H groups in total. The van der Waals surface area contributed by atoms with E-state index in [4.69, 9.17) is 0 Å². The molecule has 0 saturated carbocycles. The molecule has 2 aliphatic heterocycles. The van der Waals surface area contributed by atoms with E-state index in [0.717, 1.165) is 50.0 Å². The first-order valence-electron chi connectivity index (χ1n) is 8.81. The van der Waals surface area contributed by atoms with Crippen molar-refractivity contribution in [2.45, 2.75) is 45.1 Å². The summed E-state index contributed by atoms with van der Waals surface area (Å²) >= 11 is 0. The van der Waals surface area contributed by atoms with Crippen LogP contribution in [-0.2, 0) is 16.6 Å². The van der Waals surface area contributed by atoms with Crippen LogP contribution in [0.15, 0.2) is 12.3 Å². The predicted octanol–water partition coefficient (Wildman–Crippen LogP) is 1.75. The number of aromatic nitrogens is 2. The Hall–Kier alpha value is -2.11. The second kappa shape index (κ2) is 7.20. The highest BCUT2D eigenvalue weighted by Crippen LogP contribution is 2.21. The molecule has 1 aromatic rings. The van der Waals surface area contributed by atoms with Gasteiger partial charge in [0.1, 0.15) is 0 Å². The molecule has 6 nitrogen and oxygen atoms in total. The number of aryl methyl sites for hydroxylation is 1. The molecule has 3 rings (SSSR count). The van der Waals surface area contributed by atoms with Gasteiger partial charge >= 0.3 is 0 Å². The van der Waals surface area contributed by atoms with Gasteiger partial charge in [0.15, 0.2) is 0 Å². The fourth-order valence-electron chi connectivity index (χ4n) is 3.57. The summed E-state index contributed by atoms with van der Waals surface area (Å²) in [5, 5.41) is 4.18. The molecule has 0 spiro atoms. The number of amides is 2. The van der Waals surface area contributed by atoms with Crippen LogP contribution < -0.4 is 0 Å². The maximum atomic E-state index is 12.5. The number of hydrogen-bond acceptors (Lipinski definition) is 3. The highest BCUT2D eigenvalue weighted by atomic mass is 16.2. The van der Waals surface area contributed by atoms with Gasteiger partial charge in [-0.1, -0.05) is 0 Å². The van der Waals surface area contributed by atoms with Crippen molar-refractivity contribution in [3.05, 3.63) is 23.5 Å². The first-order chi connectivity index (χ1) is 11.6. The van der Waals surface area contributed by atoms with Crippen molar-refractivity contribution in [1.29, 1.82) is 0 Å². The third-order valence-electron chi connectivity index (χ3n) is 5.19. The second-order valence-corrected chi connectivity index (χ2v) is 6.77.